The first kappa shape index (κ1) is 19.3. The van der Waals surface area contributed by atoms with Crippen molar-refractivity contribution in [3.63, 3.8) is 0 Å². The van der Waals surface area contributed by atoms with Gasteiger partial charge in [0.2, 0.25) is 0 Å². The molecule has 2 amide bonds. The summed E-state index contributed by atoms with van der Waals surface area (Å²) in [6.07, 6.45) is 2.28. The number of hydrogen-bond donors (Lipinski definition) is 2. The van der Waals surface area contributed by atoms with E-state index in [1.807, 2.05) is 12.1 Å². The molecule has 1 aromatic rings. The Labute approximate surface area is 162 Å². The highest BCUT2D eigenvalue weighted by molar-refractivity contribution is 6.30. The first-order valence-corrected chi connectivity index (χ1v) is 10.2. The first-order valence-electron chi connectivity index (χ1n) is 9.77. The molecule has 0 aliphatic carbocycles. The number of halogens is 1. The number of carbonyl (C=O) groups is 1. The molecule has 2 saturated heterocycles. The molecule has 0 bridgehead atoms. The largest absolute Gasteiger partial charge is 0.371 e. The summed E-state index contributed by atoms with van der Waals surface area (Å²) in [6.45, 7) is 10.2. The minimum absolute atomic E-state index is 0.0297. The Morgan fingerprint density at radius 2 is 1.69 bits per heavy atom. The molecular formula is C20H31ClN4O. The third-order valence-electron chi connectivity index (χ3n) is 5.63. The van der Waals surface area contributed by atoms with Crippen molar-refractivity contribution in [1.29, 1.82) is 0 Å². The number of hydrogen-bond acceptors (Lipinski definition) is 3. The van der Waals surface area contributed by atoms with Crippen LogP contribution in [-0.4, -0.2) is 56.2 Å². The summed E-state index contributed by atoms with van der Waals surface area (Å²) in [4.78, 5) is 16.9. The van der Waals surface area contributed by atoms with Crippen LogP contribution in [0.1, 0.15) is 26.7 Å². The lowest BCUT2D eigenvalue weighted by Crippen LogP contribution is -2.41. The highest BCUT2D eigenvalue weighted by Crippen LogP contribution is 2.24. The molecule has 5 nitrogen and oxygen atoms in total. The number of carbonyl (C=O) groups excluding carboxylic acids is 1. The second-order valence-electron chi connectivity index (χ2n) is 7.91. The van der Waals surface area contributed by atoms with E-state index in [0.29, 0.717) is 17.9 Å². The van der Waals surface area contributed by atoms with Gasteiger partial charge in [-0.2, -0.15) is 0 Å². The third kappa shape index (κ3) is 5.27. The lowest BCUT2D eigenvalue weighted by atomic mass is 10.1. The Kier molecular flexibility index (Phi) is 6.65. The molecule has 0 aromatic heterocycles. The second-order valence-corrected chi connectivity index (χ2v) is 8.35. The Bertz CT molecular complexity index is 592. The SMILES string of the molecule is CC(C)N1CC[C@H](CNC(=O)NC[C@@H]2CCN(c3ccc(Cl)cc3)C2)C1. The number of rotatable bonds is 6. The Morgan fingerprint density at radius 1 is 1.08 bits per heavy atom. The maximum atomic E-state index is 12.1. The van der Waals surface area contributed by atoms with Crippen LogP contribution in [0.3, 0.4) is 0 Å². The van der Waals surface area contributed by atoms with E-state index in [1.54, 1.807) is 0 Å². The molecule has 3 rings (SSSR count). The van der Waals surface area contributed by atoms with E-state index in [0.717, 1.165) is 50.7 Å². The molecular weight excluding hydrogens is 348 g/mol. The van der Waals surface area contributed by atoms with Gasteiger partial charge in [0.1, 0.15) is 0 Å². The quantitative estimate of drug-likeness (QED) is 0.799. The second kappa shape index (κ2) is 8.96. The van der Waals surface area contributed by atoms with Gasteiger partial charge in [-0.3, -0.25) is 0 Å². The monoisotopic (exact) mass is 378 g/mol. The number of nitrogens with one attached hydrogen (secondary N) is 2. The summed E-state index contributed by atoms with van der Waals surface area (Å²) in [6, 6.07) is 8.55. The maximum absolute atomic E-state index is 12.1. The van der Waals surface area contributed by atoms with Gasteiger partial charge >= 0.3 is 6.03 Å². The van der Waals surface area contributed by atoms with Crippen LogP contribution < -0.4 is 15.5 Å². The third-order valence-corrected chi connectivity index (χ3v) is 5.88. The smallest absolute Gasteiger partial charge is 0.314 e. The fourth-order valence-corrected chi connectivity index (χ4v) is 4.05. The molecule has 2 heterocycles. The first-order chi connectivity index (χ1) is 12.5. The maximum Gasteiger partial charge on any atom is 0.314 e. The predicted molar refractivity (Wildman–Crippen MR) is 108 cm³/mol. The zero-order chi connectivity index (χ0) is 18.5. The topological polar surface area (TPSA) is 47.6 Å². The van der Waals surface area contributed by atoms with Crippen LogP contribution in [0.25, 0.3) is 0 Å². The summed E-state index contributed by atoms with van der Waals surface area (Å²) in [5.74, 6) is 1.08. The van der Waals surface area contributed by atoms with Crippen molar-refractivity contribution in [2.45, 2.75) is 32.7 Å². The van der Waals surface area contributed by atoms with E-state index in [9.17, 15) is 4.79 Å². The number of anilines is 1. The fraction of sp³-hybridized carbons (Fsp3) is 0.650. The molecule has 0 spiro atoms. The molecule has 144 valence electrons. The lowest BCUT2D eigenvalue weighted by molar-refractivity contribution is 0.235. The highest BCUT2D eigenvalue weighted by Gasteiger charge is 2.25. The predicted octanol–water partition coefficient (Wildman–Crippen LogP) is 3.20. The van der Waals surface area contributed by atoms with Gasteiger partial charge in [-0.05, 0) is 69.3 Å². The number of benzene rings is 1. The Balaban J connectivity index is 1.33. The van der Waals surface area contributed by atoms with E-state index < -0.39 is 0 Å². The van der Waals surface area contributed by atoms with E-state index in [1.165, 1.54) is 12.1 Å². The summed E-state index contributed by atoms with van der Waals surface area (Å²) >= 11 is 5.96. The summed E-state index contributed by atoms with van der Waals surface area (Å²) in [5, 5.41) is 6.87. The zero-order valence-electron chi connectivity index (χ0n) is 15.9. The fourth-order valence-electron chi connectivity index (χ4n) is 3.92. The van der Waals surface area contributed by atoms with Gasteiger partial charge in [-0.15, -0.1) is 0 Å². The van der Waals surface area contributed by atoms with E-state index in [-0.39, 0.29) is 6.03 Å². The van der Waals surface area contributed by atoms with Crippen LogP contribution in [0.15, 0.2) is 24.3 Å². The molecule has 2 N–H and O–H groups in total. The average Bonchev–Trinajstić information content (AvgIpc) is 3.28. The van der Waals surface area contributed by atoms with Crippen molar-refractivity contribution in [2.24, 2.45) is 11.8 Å². The molecule has 0 radical (unpaired) electrons. The molecule has 2 fully saturated rings. The standard InChI is InChI=1S/C20H31ClN4O/c1-15(2)24-9-7-16(13-24)11-22-20(26)23-12-17-8-10-25(14-17)19-5-3-18(21)4-6-19/h3-6,15-17H,7-14H2,1-2H3,(H2,22,23,26)/t16-,17+/m1/s1. The number of likely N-dealkylation sites (tertiary alicyclic amines) is 1. The molecule has 0 saturated carbocycles. The normalized spacial score (nSPS) is 23.6. The lowest BCUT2D eigenvalue weighted by Gasteiger charge is -2.20. The van der Waals surface area contributed by atoms with Crippen LogP contribution >= 0.6 is 11.6 Å². The van der Waals surface area contributed by atoms with Crippen molar-refractivity contribution in [1.82, 2.24) is 15.5 Å². The summed E-state index contributed by atoms with van der Waals surface area (Å²) in [7, 11) is 0. The van der Waals surface area contributed by atoms with Gasteiger partial charge in [0.05, 0.1) is 0 Å². The van der Waals surface area contributed by atoms with Gasteiger partial charge < -0.3 is 20.4 Å². The van der Waals surface area contributed by atoms with Gasteiger partial charge in [0.25, 0.3) is 0 Å². The molecule has 2 atom stereocenters. The van der Waals surface area contributed by atoms with Crippen LogP contribution in [0.4, 0.5) is 10.5 Å². The molecule has 26 heavy (non-hydrogen) atoms. The molecule has 1 aromatic carbocycles. The van der Waals surface area contributed by atoms with Crippen LogP contribution in [-0.2, 0) is 0 Å². The Hall–Kier alpha value is -1.46. The van der Waals surface area contributed by atoms with Crippen LogP contribution in [0.5, 0.6) is 0 Å². The van der Waals surface area contributed by atoms with Crippen LogP contribution in [0, 0.1) is 11.8 Å². The molecule has 0 unspecified atom stereocenters. The number of amides is 2. The van der Waals surface area contributed by atoms with Crippen molar-refractivity contribution in [3.8, 4) is 0 Å². The minimum Gasteiger partial charge on any atom is -0.371 e. The highest BCUT2D eigenvalue weighted by atomic mass is 35.5. The van der Waals surface area contributed by atoms with Crippen LogP contribution in [0.2, 0.25) is 5.02 Å². The van der Waals surface area contributed by atoms with Crippen molar-refractivity contribution >= 4 is 23.3 Å². The average molecular weight is 379 g/mol. The Morgan fingerprint density at radius 3 is 2.31 bits per heavy atom. The molecule has 2 aliphatic rings. The van der Waals surface area contributed by atoms with Crippen molar-refractivity contribution in [3.05, 3.63) is 29.3 Å². The summed E-state index contributed by atoms with van der Waals surface area (Å²) < 4.78 is 0. The van der Waals surface area contributed by atoms with Crippen molar-refractivity contribution in [2.75, 3.05) is 44.2 Å². The van der Waals surface area contributed by atoms with Gasteiger partial charge in [-0.25, -0.2) is 4.79 Å². The van der Waals surface area contributed by atoms with E-state index in [4.69, 9.17) is 11.6 Å². The summed E-state index contributed by atoms with van der Waals surface area (Å²) in [5.41, 5.74) is 1.21. The number of nitrogens with zero attached hydrogens (tertiary/aromatic N) is 2. The molecule has 6 heteroatoms. The number of urea groups is 1. The zero-order valence-corrected chi connectivity index (χ0v) is 16.6. The van der Waals surface area contributed by atoms with E-state index in [2.05, 4.69) is 46.4 Å². The van der Waals surface area contributed by atoms with Gasteiger partial charge in [0.15, 0.2) is 0 Å². The van der Waals surface area contributed by atoms with Gasteiger partial charge in [-0.1, -0.05) is 11.6 Å². The molecule has 2 aliphatic heterocycles. The van der Waals surface area contributed by atoms with Gasteiger partial charge in [0, 0.05) is 49.5 Å². The minimum atomic E-state index is -0.0297. The van der Waals surface area contributed by atoms with E-state index >= 15 is 0 Å². The van der Waals surface area contributed by atoms with Crippen molar-refractivity contribution < 1.29 is 4.79 Å².